The molecule has 0 saturated carbocycles. The zero-order valence-corrected chi connectivity index (χ0v) is 9.26. The highest BCUT2D eigenvalue weighted by Gasteiger charge is 2.16. The first-order chi connectivity index (χ1) is 8.02. The number of carbonyl (C=O) groups is 1. The van der Waals surface area contributed by atoms with Crippen molar-refractivity contribution in [3.05, 3.63) is 45.0 Å². The van der Waals surface area contributed by atoms with Crippen molar-refractivity contribution in [3.8, 4) is 0 Å². The number of ether oxygens (including phenoxy) is 1. The molecule has 17 heavy (non-hydrogen) atoms. The fourth-order valence-electron chi connectivity index (χ4n) is 1.22. The molecule has 90 valence electrons. The van der Waals surface area contributed by atoms with Gasteiger partial charge in [-0.2, -0.15) is 0 Å². The normalized spacial score (nSPS) is 11.4. The molecule has 0 unspecified atom stereocenters. The number of hydrogen-bond donors (Lipinski definition) is 1. The summed E-state index contributed by atoms with van der Waals surface area (Å²) in [4.78, 5) is 13.2. The van der Waals surface area contributed by atoms with Gasteiger partial charge in [0.2, 0.25) is 0 Å². The van der Waals surface area contributed by atoms with Crippen LogP contribution in [0.1, 0.15) is 11.7 Å². The van der Waals surface area contributed by atoms with Crippen molar-refractivity contribution in [3.63, 3.8) is 0 Å². The molecular weight excluding hydrogens is 251 g/mol. The quantitative estimate of drug-likeness (QED) is 0.510. The van der Waals surface area contributed by atoms with Crippen molar-refractivity contribution >= 4 is 17.7 Å². The lowest BCUT2D eigenvalue weighted by molar-refractivity contribution is 0.111. The summed E-state index contributed by atoms with van der Waals surface area (Å²) < 4.78 is 17.8. The van der Waals surface area contributed by atoms with Gasteiger partial charge in [0.1, 0.15) is 11.9 Å². The van der Waals surface area contributed by atoms with Crippen molar-refractivity contribution in [1.82, 2.24) is 0 Å². The number of nitrogens with zero attached hydrogens (tertiary/aromatic N) is 3. The predicted octanol–water partition coefficient (Wildman–Crippen LogP) is 2.93. The molecule has 1 amide bonds. The SMILES string of the molecule is [N-]=[N+]=NC[C@@H](OC(N)=O)c1cc(F)cc(Cl)c1. The molecule has 8 heteroatoms. The lowest BCUT2D eigenvalue weighted by Crippen LogP contribution is -2.19. The summed E-state index contributed by atoms with van der Waals surface area (Å²) in [5.41, 5.74) is 13.3. The standard InChI is InChI=1S/C9H8ClFN4O2/c10-6-1-5(2-7(11)3-6)8(4-14-15-13)17-9(12)16/h1-3,8H,4H2,(H2,12,16)/t8-/m1/s1. The summed E-state index contributed by atoms with van der Waals surface area (Å²) in [6, 6.07) is 3.61. The molecule has 0 aromatic heterocycles. The lowest BCUT2D eigenvalue weighted by Gasteiger charge is -2.14. The molecular formula is C9H8ClFN4O2. The Hall–Kier alpha value is -1.98. The van der Waals surface area contributed by atoms with Crippen molar-refractivity contribution in [2.24, 2.45) is 10.8 Å². The van der Waals surface area contributed by atoms with Crippen LogP contribution >= 0.6 is 11.6 Å². The number of primary amides is 1. The molecule has 1 rings (SSSR count). The van der Waals surface area contributed by atoms with Crippen molar-refractivity contribution in [2.45, 2.75) is 6.10 Å². The van der Waals surface area contributed by atoms with Crippen molar-refractivity contribution < 1.29 is 13.9 Å². The Morgan fingerprint density at radius 1 is 1.65 bits per heavy atom. The Kier molecular flexibility index (Phi) is 4.56. The molecule has 2 N–H and O–H groups in total. The minimum absolute atomic E-state index is 0.138. The van der Waals surface area contributed by atoms with Gasteiger partial charge in [-0.1, -0.05) is 16.7 Å². The Morgan fingerprint density at radius 2 is 2.35 bits per heavy atom. The van der Waals surface area contributed by atoms with Gasteiger partial charge in [0, 0.05) is 9.93 Å². The maximum atomic E-state index is 13.1. The average Bonchev–Trinajstić information content (AvgIpc) is 2.22. The molecule has 0 bridgehead atoms. The first-order valence-corrected chi connectivity index (χ1v) is 4.83. The van der Waals surface area contributed by atoms with E-state index in [1.54, 1.807) is 0 Å². The fraction of sp³-hybridized carbons (Fsp3) is 0.222. The number of rotatable bonds is 4. The van der Waals surface area contributed by atoms with Gasteiger partial charge in [0.05, 0.1) is 6.54 Å². The van der Waals surface area contributed by atoms with E-state index in [-0.39, 0.29) is 17.1 Å². The van der Waals surface area contributed by atoms with Crippen LogP contribution in [-0.2, 0) is 4.74 Å². The van der Waals surface area contributed by atoms with Crippen LogP contribution in [0.3, 0.4) is 0 Å². The minimum Gasteiger partial charge on any atom is -0.441 e. The second-order valence-corrected chi connectivity index (χ2v) is 3.48. The molecule has 1 aromatic carbocycles. The van der Waals surface area contributed by atoms with E-state index >= 15 is 0 Å². The maximum Gasteiger partial charge on any atom is 0.405 e. The number of carbonyl (C=O) groups excluding carboxylic acids is 1. The Bertz CT molecular complexity index is 452. The maximum absolute atomic E-state index is 13.1. The van der Waals surface area contributed by atoms with E-state index in [9.17, 15) is 9.18 Å². The molecule has 1 atom stereocenters. The van der Waals surface area contributed by atoms with Crippen molar-refractivity contribution in [2.75, 3.05) is 6.54 Å². The number of halogens is 2. The van der Waals surface area contributed by atoms with Gasteiger partial charge in [0.25, 0.3) is 0 Å². The van der Waals surface area contributed by atoms with E-state index in [4.69, 9.17) is 27.6 Å². The molecule has 0 aliphatic rings. The number of amides is 1. The van der Waals surface area contributed by atoms with Crippen LogP contribution in [0.25, 0.3) is 10.4 Å². The number of hydrogen-bond acceptors (Lipinski definition) is 3. The van der Waals surface area contributed by atoms with Crippen LogP contribution in [-0.4, -0.2) is 12.6 Å². The predicted molar refractivity (Wildman–Crippen MR) is 58.8 cm³/mol. The van der Waals surface area contributed by atoms with E-state index in [2.05, 4.69) is 10.0 Å². The average molecular weight is 259 g/mol. The highest BCUT2D eigenvalue weighted by atomic mass is 35.5. The second-order valence-electron chi connectivity index (χ2n) is 3.04. The number of benzene rings is 1. The largest absolute Gasteiger partial charge is 0.441 e. The zero-order chi connectivity index (χ0) is 12.8. The highest BCUT2D eigenvalue weighted by molar-refractivity contribution is 6.30. The summed E-state index contributed by atoms with van der Waals surface area (Å²) in [5, 5.41) is 3.38. The Morgan fingerprint density at radius 3 is 2.88 bits per heavy atom. The highest BCUT2D eigenvalue weighted by Crippen LogP contribution is 2.23. The summed E-state index contributed by atoms with van der Waals surface area (Å²) in [5.74, 6) is -0.591. The zero-order valence-electron chi connectivity index (χ0n) is 8.51. The third kappa shape index (κ3) is 4.18. The molecule has 0 radical (unpaired) electrons. The lowest BCUT2D eigenvalue weighted by atomic mass is 10.1. The van der Waals surface area contributed by atoms with Crippen LogP contribution in [0, 0.1) is 5.82 Å². The van der Waals surface area contributed by atoms with Crippen LogP contribution in [0.15, 0.2) is 23.3 Å². The van der Waals surface area contributed by atoms with Crippen molar-refractivity contribution in [1.29, 1.82) is 0 Å². The van der Waals surface area contributed by atoms with Gasteiger partial charge in [-0.05, 0) is 29.3 Å². The van der Waals surface area contributed by atoms with E-state index in [1.807, 2.05) is 0 Å². The van der Waals surface area contributed by atoms with Gasteiger partial charge in [-0.3, -0.25) is 0 Å². The second kappa shape index (κ2) is 5.93. The van der Waals surface area contributed by atoms with Gasteiger partial charge < -0.3 is 10.5 Å². The molecule has 0 spiro atoms. The first kappa shape index (κ1) is 13.1. The minimum atomic E-state index is -1.05. The summed E-state index contributed by atoms with van der Waals surface area (Å²) >= 11 is 5.65. The topological polar surface area (TPSA) is 101 Å². The molecule has 0 aliphatic heterocycles. The molecule has 0 aliphatic carbocycles. The van der Waals surface area contributed by atoms with E-state index in [1.165, 1.54) is 6.07 Å². The molecule has 0 heterocycles. The Labute approximate surface area is 101 Å². The monoisotopic (exact) mass is 258 g/mol. The summed E-state index contributed by atoms with van der Waals surface area (Å²) in [7, 11) is 0. The van der Waals surface area contributed by atoms with Gasteiger partial charge in [-0.25, -0.2) is 9.18 Å². The fourth-order valence-corrected chi connectivity index (χ4v) is 1.45. The molecule has 0 fully saturated rings. The summed E-state index contributed by atoms with van der Waals surface area (Å²) in [6.45, 7) is -0.195. The number of nitrogens with two attached hydrogens (primary N) is 1. The van der Waals surface area contributed by atoms with Crippen LogP contribution in [0.5, 0.6) is 0 Å². The number of azide groups is 1. The molecule has 0 saturated heterocycles. The van der Waals surface area contributed by atoms with Crippen LogP contribution in [0.2, 0.25) is 5.02 Å². The van der Waals surface area contributed by atoms with E-state index < -0.39 is 18.0 Å². The van der Waals surface area contributed by atoms with Gasteiger partial charge in [-0.15, -0.1) is 0 Å². The van der Waals surface area contributed by atoms with E-state index in [0.717, 1.165) is 12.1 Å². The third-order valence-corrected chi connectivity index (χ3v) is 2.04. The molecule has 1 aromatic rings. The van der Waals surface area contributed by atoms with Gasteiger partial charge in [0.15, 0.2) is 0 Å². The van der Waals surface area contributed by atoms with Gasteiger partial charge >= 0.3 is 6.09 Å². The molecule has 6 nitrogen and oxygen atoms in total. The van der Waals surface area contributed by atoms with Crippen LogP contribution in [0.4, 0.5) is 9.18 Å². The Balaban J connectivity index is 3.01. The summed E-state index contributed by atoms with van der Waals surface area (Å²) in [6.07, 6.45) is -2.01. The van der Waals surface area contributed by atoms with E-state index in [0.29, 0.717) is 0 Å². The smallest absolute Gasteiger partial charge is 0.405 e. The first-order valence-electron chi connectivity index (χ1n) is 4.46. The third-order valence-electron chi connectivity index (χ3n) is 1.83. The van der Waals surface area contributed by atoms with Crippen LogP contribution < -0.4 is 5.73 Å².